The Labute approximate surface area is 204 Å². The highest BCUT2D eigenvalue weighted by Crippen LogP contribution is 2.65. The van der Waals surface area contributed by atoms with Crippen molar-refractivity contribution in [3.63, 3.8) is 0 Å². The Kier molecular flexibility index (Phi) is 4.51. The molecule has 0 radical (unpaired) electrons. The van der Waals surface area contributed by atoms with Crippen LogP contribution in [0.15, 0.2) is 23.4 Å². The Morgan fingerprint density at radius 1 is 1.31 bits per heavy atom. The Morgan fingerprint density at radius 2 is 2.20 bits per heavy atom. The molecule has 0 saturated heterocycles. The number of hydrogen-bond donors (Lipinski definition) is 4. The summed E-state index contributed by atoms with van der Waals surface area (Å²) >= 11 is 1.62. The van der Waals surface area contributed by atoms with Gasteiger partial charge < -0.3 is 15.4 Å². The molecule has 0 aliphatic heterocycles. The minimum absolute atomic E-state index is 0.00115. The Morgan fingerprint density at radius 3 is 3.03 bits per heavy atom. The topological polar surface area (TPSA) is 137 Å². The van der Waals surface area contributed by atoms with Crippen LogP contribution in [0.2, 0.25) is 0 Å². The Hall–Kier alpha value is -3.11. The molecular weight excluding hydrogens is 464 g/mol. The van der Waals surface area contributed by atoms with Gasteiger partial charge in [-0.25, -0.2) is 9.97 Å². The van der Waals surface area contributed by atoms with Crippen molar-refractivity contribution in [1.29, 1.82) is 0 Å². The number of carbonyl (C=O) groups excluding carboxylic acids is 1. The fourth-order valence-corrected chi connectivity index (χ4v) is 7.91. The summed E-state index contributed by atoms with van der Waals surface area (Å²) in [7, 11) is 0. The van der Waals surface area contributed by atoms with Gasteiger partial charge in [0.1, 0.15) is 34.1 Å². The number of rotatable bonds is 4. The van der Waals surface area contributed by atoms with E-state index in [1.54, 1.807) is 23.6 Å². The van der Waals surface area contributed by atoms with Crippen LogP contribution >= 0.6 is 11.3 Å². The number of Topliss-reactive ketones (excluding diaryl/α,β-unsaturated/α-hetero) is 1. The van der Waals surface area contributed by atoms with Gasteiger partial charge in [-0.15, -0.1) is 11.3 Å². The molecule has 1 spiro atoms. The number of aliphatic hydroxyl groups is 1. The Bertz CT molecular complexity index is 1560. The van der Waals surface area contributed by atoms with E-state index < -0.39 is 0 Å². The number of nitrogens with one attached hydrogen (secondary N) is 3. The van der Waals surface area contributed by atoms with E-state index >= 15 is 0 Å². The zero-order valence-corrected chi connectivity index (χ0v) is 20.1. The minimum Gasteiger partial charge on any atom is -0.393 e. The molecule has 3 unspecified atom stereocenters. The molecule has 3 aliphatic carbocycles. The summed E-state index contributed by atoms with van der Waals surface area (Å²) in [5.41, 5.74) is 1.74. The van der Waals surface area contributed by atoms with E-state index in [2.05, 4.69) is 37.4 Å². The number of hydrogen-bond acceptors (Lipinski definition) is 8. The summed E-state index contributed by atoms with van der Waals surface area (Å²) in [6.45, 7) is 2.18. The zero-order valence-electron chi connectivity index (χ0n) is 19.3. The lowest BCUT2D eigenvalue weighted by Gasteiger charge is -2.23. The average molecular weight is 491 g/mol. The van der Waals surface area contributed by atoms with Gasteiger partial charge in [-0.1, -0.05) is 6.92 Å². The van der Waals surface area contributed by atoms with Crippen molar-refractivity contribution >= 4 is 49.9 Å². The van der Waals surface area contributed by atoms with Crippen molar-refractivity contribution < 1.29 is 9.90 Å². The summed E-state index contributed by atoms with van der Waals surface area (Å²) < 4.78 is 0. The number of nitrogens with zero attached hydrogens (tertiary/aromatic N) is 3. The first-order valence-electron chi connectivity index (χ1n) is 12.2. The van der Waals surface area contributed by atoms with Crippen LogP contribution in [-0.2, 0) is 17.6 Å². The normalized spacial score (nSPS) is 29.7. The van der Waals surface area contributed by atoms with Crippen LogP contribution in [0.5, 0.6) is 0 Å². The molecule has 2 fully saturated rings. The molecule has 35 heavy (non-hydrogen) atoms. The van der Waals surface area contributed by atoms with E-state index in [4.69, 9.17) is 0 Å². The van der Waals surface area contributed by atoms with Crippen molar-refractivity contribution in [2.45, 2.75) is 51.6 Å². The summed E-state index contributed by atoms with van der Waals surface area (Å²) in [5.74, 6) is 1.46. The average Bonchev–Trinajstić information content (AvgIpc) is 3.08. The second-order valence-electron chi connectivity index (χ2n) is 10.6. The van der Waals surface area contributed by atoms with Gasteiger partial charge in [-0.05, 0) is 56.1 Å². The first-order valence-corrected chi connectivity index (χ1v) is 13.0. The predicted octanol–water partition coefficient (Wildman–Crippen LogP) is 3.47. The fraction of sp³-hybridized carbons (Fsp3) is 0.480. The van der Waals surface area contributed by atoms with E-state index in [1.165, 1.54) is 16.8 Å². The third-order valence-electron chi connectivity index (χ3n) is 8.43. The highest BCUT2D eigenvalue weighted by atomic mass is 32.1. The van der Waals surface area contributed by atoms with E-state index in [1.807, 2.05) is 0 Å². The number of aromatic nitrogens is 5. The van der Waals surface area contributed by atoms with Gasteiger partial charge in [0.25, 0.3) is 5.56 Å². The highest BCUT2D eigenvalue weighted by molar-refractivity contribution is 7.19. The summed E-state index contributed by atoms with van der Waals surface area (Å²) in [6, 6.07) is 1.75. The Balaban J connectivity index is 1.17. The maximum atomic E-state index is 13.4. The molecular formula is C25H26N6O3S. The number of aryl methyl sites for hydroxylation is 1. The van der Waals surface area contributed by atoms with Gasteiger partial charge in [0.15, 0.2) is 0 Å². The largest absolute Gasteiger partial charge is 0.393 e. The number of carbonyl (C=O) groups is 1. The molecule has 2 saturated carbocycles. The fourth-order valence-electron chi connectivity index (χ4n) is 6.64. The molecule has 7 rings (SSSR count). The molecule has 0 aromatic carbocycles. The van der Waals surface area contributed by atoms with Crippen molar-refractivity contribution in [3.05, 3.63) is 39.4 Å². The minimum atomic E-state index is -0.330. The number of ketones is 1. The number of thiophene rings is 1. The van der Waals surface area contributed by atoms with Gasteiger partial charge in [0.05, 0.1) is 17.7 Å². The molecule has 0 amide bonds. The monoisotopic (exact) mass is 490 g/mol. The van der Waals surface area contributed by atoms with Crippen molar-refractivity contribution in [3.8, 4) is 0 Å². The van der Waals surface area contributed by atoms with E-state index in [0.717, 1.165) is 47.7 Å². The van der Waals surface area contributed by atoms with Crippen LogP contribution in [-0.4, -0.2) is 42.1 Å². The van der Waals surface area contributed by atoms with E-state index in [0.29, 0.717) is 35.3 Å². The number of fused-ring (bicyclic) bond motifs is 4. The summed E-state index contributed by atoms with van der Waals surface area (Å²) in [4.78, 5) is 39.8. The standard InChI is InChI=1S/C25H26N6O3S/c1-11-4-18(32)25(7-11)8-15(25)20(33)12-2-3-14-17(6-12)35-24-19(14)22(26-10-27-24)29-16-5-13-9-28-31-21(13)30-23(16)34/h5,9-12,15,18,32H,2-4,6-8H2,1H3,(H,26,27,29)(H2,28,30,31,34)/t11?,12-,15?,18-,25?/m0/s1. The van der Waals surface area contributed by atoms with Gasteiger partial charge >= 0.3 is 0 Å². The summed E-state index contributed by atoms with van der Waals surface area (Å²) in [5, 5.41) is 22.3. The first-order chi connectivity index (χ1) is 16.9. The predicted molar refractivity (Wildman–Crippen MR) is 133 cm³/mol. The van der Waals surface area contributed by atoms with Crippen molar-refractivity contribution in [1.82, 2.24) is 25.1 Å². The molecule has 4 aromatic rings. The SMILES string of the molecule is CC1C[C@H](O)C2(C1)CC2C(=O)[C@H]1CCc2c(sc3ncnc(Nc4cc5cn[nH]c5[nH]c4=O)c23)C1. The zero-order chi connectivity index (χ0) is 23.9. The van der Waals surface area contributed by atoms with Gasteiger partial charge in [-0.2, -0.15) is 5.10 Å². The molecule has 5 atom stereocenters. The number of pyridine rings is 1. The van der Waals surface area contributed by atoms with Crippen LogP contribution in [0.4, 0.5) is 11.5 Å². The smallest absolute Gasteiger partial charge is 0.273 e. The number of aliphatic hydroxyl groups excluding tert-OH is 1. The van der Waals surface area contributed by atoms with Gasteiger partial charge in [-0.3, -0.25) is 14.7 Å². The van der Waals surface area contributed by atoms with Crippen molar-refractivity contribution in [2.75, 3.05) is 5.32 Å². The quantitative estimate of drug-likeness (QED) is 0.344. The third-order valence-corrected chi connectivity index (χ3v) is 9.59. The lowest BCUT2D eigenvalue weighted by molar-refractivity contribution is -0.125. The maximum absolute atomic E-state index is 13.4. The van der Waals surface area contributed by atoms with Crippen molar-refractivity contribution in [2.24, 2.45) is 23.2 Å². The van der Waals surface area contributed by atoms with Crippen LogP contribution in [0, 0.1) is 23.2 Å². The number of aromatic amines is 2. The molecule has 0 bridgehead atoms. The lowest BCUT2D eigenvalue weighted by atomic mass is 9.82. The molecule has 4 N–H and O–H groups in total. The lowest BCUT2D eigenvalue weighted by Crippen LogP contribution is -2.27. The molecule has 180 valence electrons. The van der Waals surface area contributed by atoms with E-state index in [9.17, 15) is 14.7 Å². The van der Waals surface area contributed by atoms with Crippen LogP contribution in [0.3, 0.4) is 0 Å². The van der Waals surface area contributed by atoms with Gasteiger partial charge in [0, 0.05) is 27.5 Å². The summed E-state index contributed by atoms with van der Waals surface area (Å²) in [6.07, 6.45) is 7.77. The molecule has 9 nitrogen and oxygen atoms in total. The maximum Gasteiger partial charge on any atom is 0.273 e. The van der Waals surface area contributed by atoms with Crippen LogP contribution in [0.25, 0.3) is 21.3 Å². The highest BCUT2D eigenvalue weighted by Gasteiger charge is 2.65. The van der Waals surface area contributed by atoms with Crippen LogP contribution in [0.1, 0.15) is 43.0 Å². The third kappa shape index (κ3) is 3.19. The molecule has 3 aliphatic rings. The first kappa shape index (κ1) is 21.2. The molecule has 10 heteroatoms. The van der Waals surface area contributed by atoms with Crippen LogP contribution < -0.4 is 10.9 Å². The van der Waals surface area contributed by atoms with E-state index in [-0.39, 0.29) is 28.9 Å². The van der Waals surface area contributed by atoms with Gasteiger partial charge in [0.2, 0.25) is 0 Å². The number of H-pyrrole nitrogens is 2. The molecule has 4 aromatic heterocycles. The second-order valence-corrected chi connectivity index (χ2v) is 11.7. The molecule has 4 heterocycles. The number of anilines is 2. The second kappa shape index (κ2) is 7.44.